The van der Waals surface area contributed by atoms with Gasteiger partial charge in [0, 0.05) is 44.9 Å². The van der Waals surface area contributed by atoms with E-state index in [9.17, 15) is 0 Å². The standard InChI is InChI=1S/C43H32N4/c1-43(2)35-18-10-12-20-39(35)47(31-15-7-4-8-16-31)41-27-34-33-17-9-11-19-38(33)46(40(34)28-36(41)43)32-23-21-30(22-24-32)42-44-26-25-37(45-42)29-13-5-3-6-14-29/h3-28H,1-2H3. The van der Waals surface area contributed by atoms with E-state index in [4.69, 9.17) is 4.98 Å². The number of nitrogens with zero attached hydrogens (tertiary/aromatic N) is 4. The summed E-state index contributed by atoms with van der Waals surface area (Å²) in [6.45, 7) is 4.70. The summed E-state index contributed by atoms with van der Waals surface area (Å²) in [7, 11) is 0. The zero-order valence-corrected chi connectivity index (χ0v) is 26.3. The van der Waals surface area contributed by atoms with Crippen LogP contribution in [0.5, 0.6) is 0 Å². The molecule has 0 aliphatic carbocycles. The lowest BCUT2D eigenvalue weighted by molar-refractivity contribution is 0.632. The van der Waals surface area contributed by atoms with E-state index in [1.807, 2.05) is 30.5 Å². The van der Waals surface area contributed by atoms with Gasteiger partial charge < -0.3 is 9.47 Å². The van der Waals surface area contributed by atoms with Crippen molar-refractivity contribution in [3.05, 3.63) is 169 Å². The fourth-order valence-corrected chi connectivity index (χ4v) is 7.32. The van der Waals surface area contributed by atoms with Gasteiger partial charge in [-0.15, -0.1) is 0 Å². The molecular weight excluding hydrogens is 573 g/mol. The van der Waals surface area contributed by atoms with E-state index in [0.717, 1.165) is 34.0 Å². The van der Waals surface area contributed by atoms with E-state index in [1.54, 1.807) is 0 Å². The monoisotopic (exact) mass is 604 g/mol. The van der Waals surface area contributed by atoms with Crippen molar-refractivity contribution in [1.29, 1.82) is 0 Å². The minimum absolute atomic E-state index is 0.197. The third kappa shape index (κ3) is 4.29. The Balaban J connectivity index is 1.23. The predicted molar refractivity (Wildman–Crippen MR) is 194 cm³/mol. The summed E-state index contributed by atoms with van der Waals surface area (Å²) in [5, 5.41) is 2.47. The van der Waals surface area contributed by atoms with Crippen LogP contribution >= 0.6 is 0 Å². The highest BCUT2D eigenvalue weighted by atomic mass is 15.2. The summed E-state index contributed by atoms with van der Waals surface area (Å²) < 4.78 is 2.40. The van der Waals surface area contributed by atoms with E-state index in [0.29, 0.717) is 0 Å². The van der Waals surface area contributed by atoms with Crippen LogP contribution < -0.4 is 4.90 Å². The first-order valence-corrected chi connectivity index (χ1v) is 16.1. The van der Waals surface area contributed by atoms with Crippen molar-refractivity contribution in [3.63, 3.8) is 0 Å². The van der Waals surface area contributed by atoms with E-state index < -0.39 is 0 Å². The van der Waals surface area contributed by atoms with Crippen LogP contribution in [-0.4, -0.2) is 14.5 Å². The smallest absolute Gasteiger partial charge is 0.159 e. The highest BCUT2D eigenvalue weighted by Crippen LogP contribution is 2.53. The molecule has 0 saturated carbocycles. The molecule has 224 valence electrons. The summed E-state index contributed by atoms with van der Waals surface area (Å²) in [6, 6.07) is 54.0. The number of rotatable bonds is 4. The minimum atomic E-state index is -0.197. The van der Waals surface area contributed by atoms with Gasteiger partial charge in [0.15, 0.2) is 5.82 Å². The summed E-state index contributed by atoms with van der Waals surface area (Å²) in [6.07, 6.45) is 1.84. The molecule has 0 atom stereocenters. The first-order valence-electron chi connectivity index (χ1n) is 16.1. The summed E-state index contributed by atoms with van der Waals surface area (Å²) in [5.74, 6) is 0.718. The van der Waals surface area contributed by atoms with Gasteiger partial charge in [-0.1, -0.05) is 98.8 Å². The normalized spacial score (nSPS) is 13.4. The van der Waals surface area contributed by atoms with Gasteiger partial charge in [-0.3, -0.25) is 0 Å². The Kier molecular flexibility index (Phi) is 6.12. The molecule has 3 heterocycles. The SMILES string of the molecule is CC1(C)c2ccccc2N(c2ccccc2)c2cc3c4ccccc4n(-c4ccc(-c5nccc(-c6ccccc6)n5)cc4)c3cc21. The van der Waals surface area contributed by atoms with Crippen LogP contribution in [0.15, 0.2) is 158 Å². The molecule has 4 heteroatoms. The van der Waals surface area contributed by atoms with Crippen molar-refractivity contribution in [2.45, 2.75) is 19.3 Å². The zero-order valence-electron chi connectivity index (χ0n) is 26.3. The van der Waals surface area contributed by atoms with Gasteiger partial charge >= 0.3 is 0 Å². The van der Waals surface area contributed by atoms with Gasteiger partial charge in [0.25, 0.3) is 0 Å². The molecular formula is C43H32N4. The number of hydrogen-bond donors (Lipinski definition) is 0. The summed E-state index contributed by atoms with van der Waals surface area (Å²) >= 11 is 0. The second-order valence-corrected chi connectivity index (χ2v) is 12.7. The molecule has 0 amide bonds. The molecule has 0 N–H and O–H groups in total. The third-order valence-electron chi connectivity index (χ3n) is 9.65. The maximum Gasteiger partial charge on any atom is 0.159 e. The van der Waals surface area contributed by atoms with Crippen LogP contribution in [0.3, 0.4) is 0 Å². The van der Waals surface area contributed by atoms with Gasteiger partial charge in [0.1, 0.15) is 0 Å². The van der Waals surface area contributed by atoms with Crippen LogP contribution in [0.1, 0.15) is 25.0 Å². The second kappa shape index (κ2) is 10.5. The Labute approximate surface area is 274 Å². The van der Waals surface area contributed by atoms with Gasteiger partial charge in [0.05, 0.1) is 28.1 Å². The van der Waals surface area contributed by atoms with E-state index in [-0.39, 0.29) is 5.41 Å². The minimum Gasteiger partial charge on any atom is -0.310 e. The van der Waals surface area contributed by atoms with Crippen molar-refractivity contribution in [1.82, 2.24) is 14.5 Å². The molecule has 9 rings (SSSR count). The van der Waals surface area contributed by atoms with Gasteiger partial charge in [-0.2, -0.15) is 0 Å². The van der Waals surface area contributed by atoms with Crippen molar-refractivity contribution < 1.29 is 0 Å². The number of fused-ring (bicyclic) bond motifs is 5. The maximum absolute atomic E-state index is 4.90. The van der Waals surface area contributed by atoms with Gasteiger partial charge in [-0.05, 0) is 77.9 Å². The van der Waals surface area contributed by atoms with Crippen molar-refractivity contribution in [2.75, 3.05) is 4.90 Å². The third-order valence-corrected chi connectivity index (χ3v) is 9.65. The topological polar surface area (TPSA) is 34.0 Å². The zero-order chi connectivity index (χ0) is 31.5. The Bertz CT molecular complexity index is 2420. The number of aromatic nitrogens is 3. The Morgan fingerprint density at radius 2 is 1.21 bits per heavy atom. The van der Waals surface area contributed by atoms with Gasteiger partial charge in [0.2, 0.25) is 0 Å². The van der Waals surface area contributed by atoms with Crippen molar-refractivity contribution in [3.8, 4) is 28.3 Å². The lowest BCUT2D eigenvalue weighted by atomic mass is 9.73. The molecule has 8 aromatic rings. The molecule has 6 aromatic carbocycles. The molecule has 0 spiro atoms. The predicted octanol–water partition coefficient (Wildman–Crippen LogP) is 11.0. The Morgan fingerprint density at radius 3 is 2.02 bits per heavy atom. The molecule has 1 aliphatic heterocycles. The molecule has 0 unspecified atom stereocenters. The van der Waals surface area contributed by atoms with Crippen molar-refractivity contribution in [2.24, 2.45) is 0 Å². The van der Waals surface area contributed by atoms with Crippen LogP contribution in [0.4, 0.5) is 17.1 Å². The van der Waals surface area contributed by atoms with Crippen LogP contribution in [-0.2, 0) is 5.41 Å². The number of para-hydroxylation sites is 3. The van der Waals surface area contributed by atoms with Crippen molar-refractivity contribution >= 4 is 38.9 Å². The highest BCUT2D eigenvalue weighted by Gasteiger charge is 2.37. The lowest BCUT2D eigenvalue weighted by Crippen LogP contribution is -2.30. The van der Waals surface area contributed by atoms with Crippen LogP contribution in [0, 0.1) is 0 Å². The largest absolute Gasteiger partial charge is 0.310 e. The fourth-order valence-electron chi connectivity index (χ4n) is 7.32. The molecule has 4 nitrogen and oxygen atoms in total. The number of hydrogen-bond acceptors (Lipinski definition) is 3. The summed E-state index contributed by atoms with van der Waals surface area (Å²) in [4.78, 5) is 11.9. The number of anilines is 3. The maximum atomic E-state index is 4.90. The van der Waals surface area contributed by atoms with E-state index in [1.165, 1.54) is 44.3 Å². The fraction of sp³-hybridized carbons (Fsp3) is 0.0698. The van der Waals surface area contributed by atoms with E-state index in [2.05, 4.69) is 156 Å². The molecule has 1 aliphatic rings. The van der Waals surface area contributed by atoms with E-state index >= 15 is 0 Å². The first-order chi connectivity index (χ1) is 23.1. The molecule has 0 saturated heterocycles. The molecule has 2 aromatic heterocycles. The molecule has 0 fully saturated rings. The first kappa shape index (κ1) is 27.3. The summed E-state index contributed by atoms with van der Waals surface area (Å²) in [5.41, 5.74) is 12.5. The average molecular weight is 605 g/mol. The van der Waals surface area contributed by atoms with Crippen LogP contribution in [0.2, 0.25) is 0 Å². The second-order valence-electron chi connectivity index (χ2n) is 12.7. The average Bonchev–Trinajstić information content (AvgIpc) is 3.45. The Morgan fingerprint density at radius 1 is 0.511 bits per heavy atom. The molecule has 0 radical (unpaired) electrons. The number of benzene rings is 6. The lowest BCUT2D eigenvalue weighted by Gasteiger charge is -2.42. The van der Waals surface area contributed by atoms with Gasteiger partial charge in [-0.25, -0.2) is 9.97 Å². The quantitative estimate of drug-likeness (QED) is 0.200. The molecule has 47 heavy (non-hydrogen) atoms. The van der Waals surface area contributed by atoms with Crippen LogP contribution in [0.25, 0.3) is 50.1 Å². The molecule has 0 bridgehead atoms. The highest BCUT2D eigenvalue weighted by molar-refractivity contribution is 6.11. The Hall–Kier alpha value is -6.00.